The lowest BCUT2D eigenvalue weighted by atomic mass is 9.79. The number of ether oxygens (including phenoxy) is 1. The van der Waals surface area contributed by atoms with Crippen LogP contribution in [0, 0.1) is 5.41 Å². The van der Waals surface area contributed by atoms with Gasteiger partial charge in [-0.25, -0.2) is 0 Å². The first kappa shape index (κ1) is 14.8. The molecule has 0 radical (unpaired) electrons. The summed E-state index contributed by atoms with van der Waals surface area (Å²) >= 11 is 0. The molecule has 1 amide bonds. The van der Waals surface area contributed by atoms with E-state index in [2.05, 4.69) is 24.1 Å². The zero-order valence-corrected chi connectivity index (χ0v) is 13.3. The van der Waals surface area contributed by atoms with Crippen molar-refractivity contribution < 1.29 is 14.3 Å². The van der Waals surface area contributed by atoms with Crippen LogP contribution in [-0.4, -0.2) is 48.1 Å². The Morgan fingerprint density at radius 1 is 1.29 bits per heavy atom. The van der Waals surface area contributed by atoms with Gasteiger partial charge in [-0.1, -0.05) is 13.8 Å². The molecule has 0 spiro atoms. The van der Waals surface area contributed by atoms with Crippen LogP contribution in [0.5, 0.6) is 0 Å². The molecule has 5 nitrogen and oxygen atoms in total. The lowest BCUT2D eigenvalue weighted by Gasteiger charge is -2.45. The van der Waals surface area contributed by atoms with Crippen molar-refractivity contribution in [1.29, 1.82) is 0 Å². The van der Waals surface area contributed by atoms with Gasteiger partial charge in [-0.15, -0.1) is 0 Å². The molecule has 21 heavy (non-hydrogen) atoms. The smallest absolute Gasteiger partial charge is 0.307 e. The number of methoxy groups -OCH3 is 1. The molecule has 3 rings (SSSR count). The molecule has 3 aliphatic rings. The topological polar surface area (TPSA) is 58.6 Å². The number of hydrogen-bond donors (Lipinski definition) is 1. The van der Waals surface area contributed by atoms with Crippen LogP contribution < -0.4 is 5.32 Å². The summed E-state index contributed by atoms with van der Waals surface area (Å²) in [6.07, 6.45) is 5.09. The van der Waals surface area contributed by atoms with Crippen molar-refractivity contribution in [2.45, 2.75) is 63.5 Å². The predicted octanol–water partition coefficient (Wildman–Crippen LogP) is 1.46. The number of rotatable bonds is 2. The van der Waals surface area contributed by atoms with Gasteiger partial charge < -0.3 is 10.1 Å². The Hall–Kier alpha value is -1.10. The Labute approximate surface area is 126 Å². The van der Waals surface area contributed by atoms with E-state index < -0.39 is 0 Å². The fraction of sp³-hybridized carbons (Fsp3) is 0.875. The second kappa shape index (κ2) is 4.70. The predicted molar refractivity (Wildman–Crippen MR) is 78.7 cm³/mol. The van der Waals surface area contributed by atoms with Crippen LogP contribution in [0.2, 0.25) is 0 Å². The molecular formula is C16H26N2O3. The summed E-state index contributed by atoms with van der Waals surface area (Å²) in [7, 11) is 1.46. The Bertz CT molecular complexity index is 464. The van der Waals surface area contributed by atoms with E-state index in [0.717, 1.165) is 32.2 Å². The van der Waals surface area contributed by atoms with E-state index in [1.807, 2.05) is 0 Å². The van der Waals surface area contributed by atoms with Gasteiger partial charge >= 0.3 is 5.97 Å². The van der Waals surface area contributed by atoms with E-state index in [1.54, 1.807) is 0 Å². The van der Waals surface area contributed by atoms with Crippen molar-refractivity contribution in [2.75, 3.05) is 20.2 Å². The number of nitrogens with one attached hydrogen (secondary N) is 1. The Morgan fingerprint density at radius 3 is 2.57 bits per heavy atom. The van der Waals surface area contributed by atoms with Crippen molar-refractivity contribution in [3.63, 3.8) is 0 Å². The normalized spacial score (nSPS) is 38.3. The van der Waals surface area contributed by atoms with Gasteiger partial charge in [-0.2, -0.15) is 0 Å². The molecule has 0 aliphatic carbocycles. The molecule has 3 fully saturated rings. The summed E-state index contributed by atoms with van der Waals surface area (Å²) in [5, 5.41) is 3.07. The minimum absolute atomic E-state index is 0.0252. The van der Waals surface area contributed by atoms with Crippen LogP contribution in [0.3, 0.4) is 0 Å². The quantitative estimate of drug-likeness (QED) is 0.783. The van der Waals surface area contributed by atoms with Gasteiger partial charge in [-0.3, -0.25) is 14.5 Å². The Balaban J connectivity index is 1.93. The largest absolute Gasteiger partial charge is 0.469 e. The van der Waals surface area contributed by atoms with Gasteiger partial charge in [-0.05, 0) is 31.1 Å². The number of carbonyl (C=O) groups excluding carboxylic acids is 2. The first-order valence-corrected chi connectivity index (χ1v) is 7.92. The molecule has 3 heterocycles. The molecule has 118 valence electrons. The number of esters is 1. The Morgan fingerprint density at radius 2 is 1.95 bits per heavy atom. The number of nitrogens with zero attached hydrogens (tertiary/aromatic N) is 1. The zero-order chi connectivity index (χ0) is 15.3. The summed E-state index contributed by atoms with van der Waals surface area (Å²) in [4.78, 5) is 26.6. The molecule has 0 aromatic rings. The van der Waals surface area contributed by atoms with Gasteiger partial charge in [0.1, 0.15) is 0 Å². The summed E-state index contributed by atoms with van der Waals surface area (Å²) in [5.74, 6) is 0.0283. The van der Waals surface area contributed by atoms with Crippen LogP contribution in [-0.2, 0) is 14.3 Å². The third kappa shape index (κ3) is 2.35. The highest BCUT2D eigenvalue weighted by Crippen LogP contribution is 2.57. The average molecular weight is 294 g/mol. The van der Waals surface area contributed by atoms with Crippen molar-refractivity contribution in [1.82, 2.24) is 10.2 Å². The molecule has 0 aromatic carbocycles. The standard InChI is InChI=1S/C16H26N2O3/c1-14(2)10-17-12(19)8-15-4-6-16(7-5-15,18(15)11-14)9-13(20)21-3/h4-11H2,1-3H3,(H,17,19). The molecule has 0 unspecified atom stereocenters. The first-order chi connectivity index (χ1) is 9.81. The van der Waals surface area contributed by atoms with Crippen LogP contribution in [0.1, 0.15) is 52.4 Å². The highest BCUT2D eigenvalue weighted by molar-refractivity contribution is 5.78. The lowest BCUT2D eigenvalue weighted by Crippen LogP contribution is -2.57. The number of carbonyl (C=O) groups is 2. The summed E-state index contributed by atoms with van der Waals surface area (Å²) < 4.78 is 4.92. The maximum atomic E-state index is 12.2. The molecule has 2 bridgehead atoms. The van der Waals surface area contributed by atoms with Crippen LogP contribution in [0.4, 0.5) is 0 Å². The lowest BCUT2D eigenvalue weighted by molar-refractivity contribution is -0.144. The number of amides is 1. The van der Waals surface area contributed by atoms with Gasteiger partial charge in [0.15, 0.2) is 0 Å². The number of hydrogen-bond acceptors (Lipinski definition) is 4. The molecular weight excluding hydrogens is 268 g/mol. The van der Waals surface area contributed by atoms with Crippen molar-refractivity contribution in [3.05, 3.63) is 0 Å². The van der Waals surface area contributed by atoms with E-state index >= 15 is 0 Å². The fourth-order valence-corrected chi connectivity index (χ4v) is 4.63. The molecule has 3 saturated heterocycles. The molecule has 0 atom stereocenters. The maximum Gasteiger partial charge on any atom is 0.307 e. The monoisotopic (exact) mass is 294 g/mol. The summed E-state index contributed by atoms with van der Waals surface area (Å²) in [5.41, 5.74) is -0.0881. The molecule has 0 saturated carbocycles. The van der Waals surface area contributed by atoms with Crippen LogP contribution in [0.25, 0.3) is 0 Å². The van der Waals surface area contributed by atoms with E-state index in [-0.39, 0.29) is 28.4 Å². The Kier molecular flexibility index (Phi) is 3.32. The highest BCUT2D eigenvalue weighted by atomic mass is 16.5. The SMILES string of the molecule is COC(=O)CC12CCC3(CC1)CC(=O)NCC(C)(C)CN32. The third-order valence-electron chi connectivity index (χ3n) is 5.80. The van der Waals surface area contributed by atoms with E-state index in [1.165, 1.54) is 7.11 Å². The molecule has 3 aliphatic heterocycles. The molecule has 0 aromatic heterocycles. The minimum Gasteiger partial charge on any atom is -0.469 e. The molecule has 5 heteroatoms. The van der Waals surface area contributed by atoms with Gasteiger partial charge in [0.25, 0.3) is 0 Å². The van der Waals surface area contributed by atoms with Crippen molar-refractivity contribution in [2.24, 2.45) is 5.41 Å². The van der Waals surface area contributed by atoms with Crippen molar-refractivity contribution in [3.8, 4) is 0 Å². The van der Waals surface area contributed by atoms with Gasteiger partial charge in [0, 0.05) is 30.6 Å². The van der Waals surface area contributed by atoms with E-state index in [9.17, 15) is 9.59 Å². The van der Waals surface area contributed by atoms with Gasteiger partial charge in [0.2, 0.25) is 5.91 Å². The maximum absolute atomic E-state index is 12.2. The third-order valence-corrected chi connectivity index (χ3v) is 5.80. The van der Waals surface area contributed by atoms with Gasteiger partial charge in [0.05, 0.1) is 13.5 Å². The summed E-state index contributed by atoms with van der Waals surface area (Å²) in [6.45, 7) is 6.02. The van der Waals surface area contributed by atoms with Crippen LogP contribution in [0.15, 0.2) is 0 Å². The second-order valence-electron chi connectivity index (χ2n) is 7.91. The zero-order valence-electron chi connectivity index (χ0n) is 13.3. The first-order valence-electron chi connectivity index (χ1n) is 7.92. The average Bonchev–Trinajstić information content (AvgIpc) is 2.84. The highest BCUT2D eigenvalue weighted by Gasteiger charge is 2.62. The van der Waals surface area contributed by atoms with Crippen LogP contribution >= 0.6 is 0 Å². The molecule has 1 N–H and O–H groups in total. The fourth-order valence-electron chi connectivity index (χ4n) is 4.63. The second-order valence-corrected chi connectivity index (χ2v) is 7.91. The van der Waals surface area contributed by atoms with Crippen molar-refractivity contribution >= 4 is 11.9 Å². The van der Waals surface area contributed by atoms with E-state index in [4.69, 9.17) is 4.74 Å². The van der Waals surface area contributed by atoms with E-state index in [0.29, 0.717) is 19.4 Å². The summed E-state index contributed by atoms with van der Waals surface area (Å²) in [6, 6.07) is 0. The minimum atomic E-state index is -0.128.